The average Bonchev–Trinajstić information content (AvgIpc) is 3.00. The van der Waals surface area contributed by atoms with Gasteiger partial charge in [0.15, 0.2) is 0 Å². The summed E-state index contributed by atoms with van der Waals surface area (Å²) < 4.78 is 2.00. The van der Waals surface area contributed by atoms with E-state index in [2.05, 4.69) is 27.0 Å². The van der Waals surface area contributed by atoms with Gasteiger partial charge in [-0.05, 0) is 19.2 Å². The Morgan fingerprint density at radius 3 is 2.35 bits per heavy atom. The Morgan fingerprint density at radius 1 is 1.00 bits per heavy atom. The zero-order chi connectivity index (χ0) is 11.7. The Balaban J connectivity index is 1.76. The number of hydrogen-bond donors (Lipinski definition) is 0. The predicted octanol–water partition coefficient (Wildman–Crippen LogP) is 1.08. The van der Waals surface area contributed by atoms with E-state index in [0.29, 0.717) is 0 Å². The average molecular weight is 249 g/mol. The normalized spacial score (nSPS) is 17.6. The first kappa shape index (κ1) is 10.7. The van der Waals surface area contributed by atoms with Gasteiger partial charge in [0.1, 0.15) is 0 Å². The Morgan fingerprint density at radius 2 is 1.65 bits per heavy atom. The highest BCUT2D eigenvalue weighted by Gasteiger charge is 2.18. The Kier molecular flexibility index (Phi) is 2.82. The van der Waals surface area contributed by atoms with Gasteiger partial charge in [-0.15, -0.1) is 10.2 Å². The minimum atomic E-state index is 0.934. The van der Waals surface area contributed by atoms with E-state index in [1.54, 1.807) is 11.3 Å². The van der Waals surface area contributed by atoms with Crippen molar-refractivity contribution in [2.75, 3.05) is 38.1 Å². The maximum absolute atomic E-state index is 4.28. The summed E-state index contributed by atoms with van der Waals surface area (Å²) in [6.07, 6.45) is 3.99. The minimum absolute atomic E-state index is 0.934. The monoisotopic (exact) mass is 249 g/mol. The van der Waals surface area contributed by atoms with Gasteiger partial charge in [-0.2, -0.15) is 0 Å². The number of aromatic nitrogens is 3. The molecule has 17 heavy (non-hydrogen) atoms. The fraction of sp³-hybridized carbons (Fsp3) is 0.455. The molecule has 0 aliphatic carbocycles. The van der Waals surface area contributed by atoms with E-state index in [-0.39, 0.29) is 0 Å². The van der Waals surface area contributed by atoms with Crippen LogP contribution in [0.5, 0.6) is 0 Å². The maximum Gasteiger partial charge on any atom is 0.218 e. The molecule has 1 fully saturated rings. The molecule has 3 rings (SSSR count). The molecular formula is C11H15N5S. The molecule has 0 atom stereocenters. The highest BCUT2D eigenvalue weighted by molar-refractivity contribution is 7.17. The van der Waals surface area contributed by atoms with Crippen molar-refractivity contribution in [1.82, 2.24) is 19.7 Å². The molecule has 6 heteroatoms. The lowest BCUT2D eigenvalue weighted by molar-refractivity contribution is 0.312. The second-order valence-corrected chi connectivity index (χ2v) is 5.18. The largest absolute Gasteiger partial charge is 0.344 e. The molecule has 0 radical (unpaired) electrons. The molecule has 2 aromatic rings. The Bertz CT molecular complexity index is 470. The molecule has 90 valence electrons. The van der Waals surface area contributed by atoms with Crippen LogP contribution in [-0.2, 0) is 0 Å². The van der Waals surface area contributed by atoms with Crippen LogP contribution in [0.4, 0.5) is 5.13 Å². The number of piperazine rings is 1. The van der Waals surface area contributed by atoms with Crippen molar-refractivity contribution < 1.29 is 0 Å². The van der Waals surface area contributed by atoms with E-state index in [1.807, 2.05) is 29.1 Å². The molecule has 1 aliphatic rings. The van der Waals surface area contributed by atoms with Gasteiger partial charge < -0.3 is 9.80 Å². The van der Waals surface area contributed by atoms with Gasteiger partial charge in [0.25, 0.3) is 0 Å². The van der Waals surface area contributed by atoms with Crippen molar-refractivity contribution in [3.05, 3.63) is 24.5 Å². The lowest BCUT2D eigenvalue weighted by Crippen LogP contribution is -2.44. The zero-order valence-corrected chi connectivity index (χ0v) is 10.6. The number of hydrogen-bond acceptors (Lipinski definition) is 5. The molecule has 5 nitrogen and oxygen atoms in total. The molecule has 1 aliphatic heterocycles. The first-order valence-electron chi connectivity index (χ1n) is 5.73. The summed E-state index contributed by atoms with van der Waals surface area (Å²) in [5.74, 6) is 0. The van der Waals surface area contributed by atoms with E-state index in [4.69, 9.17) is 0 Å². The number of likely N-dealkylation sites (N-methyl/N-ethyl adjacent to an activating group) is 1. The topological polar surface area (TPSA) is 37.2 Å². The van der Waals surface area contributed by atoms with Crippen LogP contribution in [0.25, 0.3) is 5.13 Å². The van der Waals surface area contributed by atoms with Crippen molar-refractivity contribution >= 4 is 16.5 Å². The lowest BCUT2D eigenvalue weighted by atomic mass is 10.3. The van der Waals surface area contributed by atoms with Crippen LogP contribution in [0.15, 0.2) is 24.5 Å². The quantitative estimate of drug-likeness (QED) is 0.798. The molecule has 0 aromatic carbocycles. The molecule has 0 bridgehead atoms. The van der Waals surface area contributed by atoms with E-state index in [1.165, 1.54) is 0 Å². The van der Waals surface area contributed by atoms with E-state index in [0.717, 1.165) is 36.4 Å². The standard InChI is InChI=1S/C11H15N5S/c1-14-6-8-16(9-7-14)11-13-12-10(17-11)15-4-2-3-5-15/h2-5H,6-9H2,1H3. The summed E-state index contributed by atoms with van der Waals surface area (Å²) >= 11 is 1.65. The van der Waals surface area contributed by atoms with Crippen LogP contribution < -0.4 is 4.90 Å². The van der Waals surface area contributed by atoms with Crippen LogP contribution in [0.2, 0.25) is 0 Å². The predicted molar refractivity (Wildman–Crippen MR) is 68.9 cm³/mol. The van der Waals surface area contributed by atoms with Gasteiger partial charge in [0, 0.05) is 38.6 Å². The van der Waals surface area contributed by atoms with Gasteiger partial charge in [-0.1, -0.05) is 11.3 Å². The van der Waals surface area contributed by atoms with E-state index < -0.39 is 0 Å². The number of rotatable bonds is 2. The second-order valence-electron chi connectivity index (χ2n) is 4.25. The van der Waals surface area contributed by atoms with Crippen LogP contribution in [0.3, 0.4) is 0 Å². The molecule has 0 spiro atoms. The van der Waals surface area contributed by atoms with Crippen LogP contribution in [0.1, 0.15) is 0 Å². The van der Waals surface area contributed by atoms with Gasteiger partial charge in [-0.3, -0.25) is 4.57 Å². The molecule has 0 N–H and O–H groups in total. The number of nitrogens with zero attached hydrogens (tertiary/aromatic N) is 5. The van der Waals surface area contributed by atoms with Gasteiger partial charge >= 0.3 is 0 Å². The third-order valence-electron chi connectivity index (χ3n) is 3.00. The molecule has 0 amide bonds. The number of anilines is 1. The first-order chi connectivity index (χ1) is 8.33. The highest BCUT2D eigenvalue weighted by Crippen LogP contribution is 2.23. The SMILES string of the molecule is CN1CCN(c2nnc(-n3cccc3)s2)CC1. The fourth-order valence-electron chi connectivity index (χ4n) is 1.90. The Labute approximate surface area is 104 Å². The van der Waals surface area contributed by atoms with Crippen LogP contribution in [-0.4, -0.2) is 52.9 Å². The Hall–Kier alpha value is -1.40. The van der Waals surface area contributed by atoms with Gasteiger partial charge in [0.2, 0.25) is 10.3 Å². The summed E-state index contributed by atoms with van der Waals surface area (Å²) in [4.78, 5) is 4.65. The van der Waals surface area contributed by atoms with E-state index in [9.17, 15) is 0 Å². The zero-order valence-electron chi connectivity index (χ0n) is 9.78. The summed E-state index contributed by atoms with van der Waals surface area (Å²) in [5, 5.41) is 10.5. The van der Waals surface area contributed by atoms with Crippen molar-refractivity contribution in [1.29, 1.82) is 0 Å². The summed E-state index contributed by atoms with van der Waals surface area (Å²) in [6.45, 7) is 4.27. The van der Waals surface area contributed by atoms with E-state index >= 15 is 0 Å². The molecular weight excluding hydrogens is 234 g/mol. The maximum atomic E-state index is 4.28. The third kappa shape index (κ3) is 2.18. The molecule has 3 heterocycles. The van der Waals surface area contributed by atoms with Crippen molar-refractivity contribution in [2.45, 2.75) is 0 Å². The summed E-state index contributed by atoms with van der Waals surface area (Å²) in [6, 6.07) is 3.99. The van der Waals surface area contributed by atoms with Crippen LogP contribution in [0, 0.1) is 0 Å². The molecule has 1 saturated heterocycles. The van der Waals surface area contributed by atoms with Gasteiger partial charge in [-0.25, -0.2) is 0 Å². The lowest BCUT2D eigenvalue weighted by Gasteiger charge is -2.31. The van der Waals surface area contributed by atoms with Crippen molar-refractivity contribution in [3.8, 4) is 5.13 Å². The summed E-state index contributed by atoms with van der Waals surface area (Å²) in [5.41, 5.74) is 0. The fourth-order valence-corrected chi connectivity index (χ4v) is 2.77. The molecule has 0 saturated carbocycles. The third-order valence-corrected chi connectivity index (χ3v) is 4.00. The molecule has 2 aromatic heterocycles. The van der Waals surface area contributed by atoms with Crippen molar-refractivity contribution in [3.63, 3.8) is 0 Å². The van der Waals surface area contributed by atoms with Crippen molar-refractivity contribution in [2.24, 2.45) is 0 Å². The summed E-state index contributed by atoms with van der Waals surface area (Å²) in [7, 11) is 2.16. The van der Waals surface area contributed by atoms with Crippen LogP contribution >= 0.6 is 11.3 Å². The second kappa shape index (κ2) is 4.46. The minimum Gasteiger partial charge on any atom is -0.344 e. The van der Waals surface area contributed by atoms with Gasteiger partial charge in [0.05, 0.1) is 0 Å². The smallest absolute Gasteiger partial charge is 0.218 e. The molecule has 0 unspecified atom stereocenters. The first-order valence-corrected chi connectivity index (χ1v) is 6.55. The highest BCUT2D eigenvalue weighted by atomic mass is 32.1.